The van der Waals surface area contributed by atoms with Gasteiger partial charge in [-0.1, -0.05) is 12.8 Å². The summed E-state index contributed by atoms with van der Waals surface area (Å²) in [7, 11) is 0. The van der Waals surface area contributed by atoms with Crippen LogP contribution in [-0.4, -0.2) is 52.4 Å². The second kappa shape index (κ2) is 4.74. The van der Waals surface area contributed by atoms with Crippen LogP contribution in [0.25, 0.3) is 0 Å². The Kier molecular flexibility index (Phi) is 3.11. The zero-order valence-electron chi connectivity index (χ0n) is 10.3. The van der Waals surface area contributed by atoms with Crippen molar-refractivity contribution in [1.29, 1.82) is 0 Å². The Morgan fingerprint density at radius 2 is 1.94 bits per heavy atom. The number of piperazine rings is 1. The largest absolute Gasteiger partial charge is 0.314 e. The van der Waals surface area contributed by atoms with Gasteiger partial charge in [0.1, 0.15) is 12.7 Å². The molecule has 1 aromatic rings. The number of rotatable bonds is 3. The first-order chi connectivity index (χ1) is 8.39. The summed E-state index contributed by atoms with van der Waals surface area (Å²) in [5.41, 5.74) is 0.216. The standard InChI is InChI=1S/C12H21N5/c1-2-4-12(3-1,17-11-14-10-15-17)9-16-7-5-13-6-8-16/h10-11,13H,1-9H2. The molecule has 2 fully saturated rings. The van der Waals surface area contributed by atoms with Gasteiger partial charge in [0.05, 0.1) is 5.54 Å². The Bertz CT molecular complexity index is 336. The molecule has 1 saturated carbocycles. The van der Waals surface area contributed by atoms with Gasteiger partial charge in [0.25, 0.3) is 0 Å². The molecule has 2 heterocycles. The summed E-state index contributed by atoms with van der Waals surface area (Å²) >= 11 is 0. The Morgan fingerprint density at radius 1 is 1.18 bits per heavy atom. The summed E-state index contributed by atoms with van der Waals surface area (Å²) in [6.45, 7) is 5.70. The maximum absolute atomic E-state index is 4.40. The lowest BCUT2D eigenvalue weighted by Gasteiger charge is -2.37. The fourth-order valence-electron chi connectivity index (χ4n) is 3.23. The minimum Gasteiger partial charge on any atom is -0.314 e. The van der Waals surface area contributed by atoms with Gasteiger partial charge < -0.3 is 5.32 Å². The summed E-state index contributed by atoms with van der Waals surface area (Å²) in [5.74, 6) is 0. The lowest BCUT2D eigenvalue weighted by molar-refractivity contribution is 0.131. The van der Waals surface area contributed by atoms with Gasteiger partial charge in [-0.15, -0.1) is 0 Å². The molecule has 17 heavy (non-hydrogen) atoms. The van der Waals surface area contributed by atoms with E-state index in [1.807, 2.05) is 6.33 Å². The molecule has 1 aliphatic carbocycles. The van der Waals surface area contributed by atoms with Crippen molar-refractivity contribution in [3.63, 3.8) is 0 Å². The highest BCUT2D eigenvalue weighted by molar-refractivity contribution is 4.93. The van der Waals surface area contributed by atoms with Gasteiger partial charge in [-0.2, -0.15) is 5.10 Å². The summed E-state index contributed by atoms with van der Waals surface area (Å²) in [6.07, 6.45) is 8.71. The topological polar surface area (TPSA) is 46.0 Å². The lowest BCUT2D eigenvalue weighted by atomic mass is 9.96. The summed E-state index contributed by atoms with van der Waals surface area (Å²) < 4.78 is 2.11. The Balaban J connectivity index is 1.75. The van der Waals surface area contributed by atoms with Crippen LogP contribution < -0.4 is 5.32 Å². The van der Waals surface area contributed by atoms with E-state index in [1.54, 1.807) is 6.33 Å². The fraction of sp³-hybridized carbons (Fsp3) is 0.833. The van der Waals surface area contributed by atoms with E-state index in [0.717, 1.165) is 32.7 Å². The molecular weight excluding hydrogens is 214 g/mol. The molecule has 94 valence electrons. The summed E-state index contributed by atoms with van der Waals surface area (Å²) in [6, 6.07) is 0. The normalized spacial score (nSPS) is 25.2. The first-order valence-electron chi connectivity index (χ1n) is 6.67. The molecule has 1 N–H and O–H groups in total. The maximum atomic E-state index is 4.40. The molecule has 0 atom stereocenters. The number of hydrogen-bond donors (Lipinski definition) is 1. The van der Waals surface area contributed by atoms with E-state index in [9.17, 15) is 0 Å². The van der Waals surface area contributed by atoms with Crippen LogP contribution in [0, 0.1) is 0 Å². The highest BCUT2D eigenvalue weighted by Crippen LogP contribution is 2.36. The Morgan fingerprint density at radius 3 is 2.59 bits per heavy atom. The molecular formula is C12H21N5. The van der Waals surface area contributed by atoms with Crippen molar-refractivity contribution in [3.05, 3.63) is 12.7 Å². The van der Waals surface area contributed by atoms with Crippen LogP contribution in [0.1, 0.15) is 25.7 Å². The van der Waals surface area contributed by atoms with Gasteiger partial charge in [0, 0.05) is 32.7 Å². The van der Waals surface area contributed by atoms with Crippen molar-refractivity contribution in [2.24, 2.45) is 0 Å². The molecule has 3 rings (SSSR count). The van der Waals surface area contributed by atoms with E-state index in [4.69, 9.17) is 0 Å². The van der Waals surface area contributed by atoms with E-state index in [1.165, 1.54) is 25.7 Å². The zero-order valence-corrected chi connectivity index (χ0v) is 10.3. The van der Waals surface area contributed by atoms with Crippen molar-refractivity contribution in [1.82, 2.24) is 25.0 Å². The molecule has 0 bridgehead atoms. The monoisotopic (exact) mass is 235 g/mol. The van der Waals surface area contributed by atoms with Crippen molar-refractivity contribution < 1.29 is 0 Å². The molecule has 0 unspecified atom stereocenters. The molecule has 5 nitrogen and oxygen atoms in total. The van der Waals surface area contributed by atoms with Crippen molar-refractivity contribution in [3.8, 4) is 0 Å². The molecule has 0 spiro atoms. The smallest absolute Gasteiger partial charge is 0.137 e. The summed E-state index contributed by atoms with van der Waals surface area (Å²) in [5, 5.41) is 7.81. The first-order valence-corrected chi connectivity index (χ1v) is 6.67. The van der Waals surface area contributed by atoms with Crippen LogP contribution in [0.2, 0.25) is 0 Å². The molecule has 0 radical (unpaired) electrons. The quantitative estimate of drug-likeness (QED) is 0.826. The molecule has 2 aliphatic rings. The Hall–Kier alpha value is -0.940. The van der Waals surface area contributed by atoms with Crippen molar-refractivity contribution in [2.75, 3.05) is 32.7 Å². The number of nitrogens with one attached hydrogen (secondary N) is 1. The molecule has 1 aliphatic heterocycles. The van der Waals surface area contributed by atoms with Gasteiger partial charge in [-0.3, -0.25) is 4.90 Å². The third-order valence-electron chi connectivity index (χ3n) is 4.17. The van der Waals surface area contributed by atoms with E-state index in [0.29, 0.717) is 0 Å². The average Bonchev–Trinajstić information content (AvgIpc) is 3.01. The highest BCUT2D eigenvalue weighted by Gasteiger charge is 2.38. The van der Waals surface area contributed by atoms with E-state index < -0.39 is 0 Å². The average molecular weight is 235 g/mol. The number of nitrogens with zero attached hydrogens (tertiary/aromatic N) is 4. The molecule has 0 aromatic carbocycles. The summed E-state index contributed by atoms with van der Waals surface area (Å²) in [4.78, 5) is 6.70. The maximum Gasteiger partial charge on any atom is 0.137 e. The zero-order chi connectivity index (χ0) is 11.6. The van der Waals surface area contributed by atoms with Crippen LogP contribution in [0.5, 0.6) is 0 Å². The third-order valence-corrected chi connectivity index (χ3v) is 4.17. The molecule has 1 aromatic heterocycles. The second-order valence-corrected chi connectivity index (χ2v) is 5.30. The van der Waals surface area contributed by atoms with Gasteiger partial charge in [-0.25, -0.2) is 9.67 Å². The van der Waals surface area contributed by atoms with Crippen LogP contribution >= 0.6 is 0 Å². The van der Waals surface area contributed by atoms with Crippen LogP contribution in [0.3, 0.4) is 0 Å². The van der Waals surface area contributed by atoms with Gasteiger partial charge in [0.2, 0.25) is 0 Å². The number of aromatic nitrogens is 3. The SMILES string of the molecule is c1ncn(C2(CN3CCNCC3)CCCC2)n1. The molecule has 0 amide bonds. The first kappa shape index (κ1) is 11.2. The minimum atomic E-state index is 0.216. The van der Waals surface area contributed by atoms with Crippen LogP contribution in [0.4, 0.5) is 0 Å². The van der Waals surface area contributed by atoms with E-state index in [-0.39, 0.29) is 5.54 Å². The fourth-order valence-corrected chi connectivity index (χ4v) is 3.23. The minimum absolute atomic E-state index is 0.216. The second-order valence-electron chi connectivity index (χ2n) is 5.30. The highest BCUT2D eigenvalue weighted by atomic mass is 15.4. The predicted octanol–water partition coefficient (Wildman–Crippen LogP) is 0.453. The van der Waals surface area contributed by atoms with Gasteiger partial charge >= 0.3 is 0 Å². The van der Waals surface area contributed by atoms with Crippen LogP contribution in [-0.2, 0) is 5.54 Å². The van der Waals surface area contributed by atoms with Gasteiger partial charge in [0.15, 0.2) is 0 Å². The van der Waals surface area contributed by atoms with Gasteiger partial charge in [-0.05, 0) is 12.8 Å². The van der Waals surface area contributed by atoms with Crippen molar-refractivity contribution >= 4 is 0 Å². The lowest BCUT2D eigenvalue weighted by Crippen LogP contribution is -2.50. The molecule has 5 heteroatoms. The third kappa shape index (κ3) is 2.21. The van der Waals surface area contributed by atoms with Crippen LogP contribution in [0.15, 0.2) is 12.7 Å². The Labute approximate surface area is 102 Å². The predicted molar refractivity (Wildman–Crippen MR) is 65.8 cm³/mol. The van der Waals surface area contributed by atoms with Crippen molar-refractivity contribution in [2.45, 2.75) is 31.2 Å². The van der Waals surface area contributed by atoms with E-state index in [2.05, 4.69) is 25.0 Å². The number of hydrogen-bond acceptors (Lipinski definition) is 4. The molecule has 1 saturated heterocycles. The van der Waals surface area contributed by atoms with E-state index >= 15 is 0 Å².